The van der Waals surface area contributed by atoms with Gasteiger partial charge in [-0.3, -0.25) is 4.79 Å². The molecular weight excluding hydrogens is 268 g/mol. The van der Waals surface area contributed by atoms with Crippen LogP contribution in [0.3, 0.4) is 0 Å². The summed E-state index contributed by atoms with van der Waals surface area (Å²) < 4.78 is 24.5. The van der Waals surface area contributed by atoms with Crippen molar-refractivity contribution in [2.45, 2.75) is 23.5 Å². The van der Waals surface area contributed by atoms with E-state index in [4.69, 9.17) is 11.6 Å². The van der Waals surface area contributed by atoms with Gasteiger partial charge in [0, 0.05) is 17.2 Å². The van der Waals surface area contributed by atoms with Gasteiger partial charge in [-0.1, -0.05) is 23.9 Å². The summed E-state index contributed by atoms with van der Waals surface area (Å²) >= 11 is 5.88. The molecule has 94 valence electrons. The average Bonchev–Trinajstić information content (AvgIpc) is 2.28. The van der Waals surface area contributed by atoms with Gasteiger partial charge in [-0.2, -0.15) is 8.78 Å². The quantitative estimate of drug-likeness (QED) is 0.631. The second-order valence-corrected chi connectivity index (χ2v) is 4.63. The molecule has 17 heavy (non-hydrogen) atoms. The Balaban J connectivity index is 2.66. The van der Waals surface area contributed by atoms with Crippen LogP contribution >= 0.6 is 23.4 Å². The van der Waals surface area contributed by atoms with Crippen molar-refractivity contribution in [3.05, 3.63) is 24.3 Å². The highest BCUT2D eigenvalue weighted by Gasteiger charge is 2.11. The largest absolute Gasteiger partial charge is 0.325 e. The topological polar surface area (TPSA) is 29.1 Å². The minimum atomic E-state index is -2.50. The van der Waals surface area contributed by atoms with E-state index in [1.165, 1.54) is 0 Å². The number of benzene rings is 1. The molecule has 0 unspecified atom stereocenters. The summed E-state index contributed by atoms with van der Waals surface area (Å²) in [5.74, 6) is -2.32. The smallest absolute Gasteiger partial charge is 0.288 e. The Morgan fingerprint density at radius 2 is 2.12 bits per heavy atom. The molecule has 0 aromatic heterocycles. The first-order valence-electron chi connectivity index (χ1n) is 5.03. The van der Waals surface area contributed by atoms with E-state index in [0.717, 1.165) is 0 Å². The van der Waals surface area contributed by atoms with E-state index in [1.54, 1.807) is 24.3 Å². The van der Waals surface area contributed by atoms with Gasteiger partial charge >= 0.3 is 0 Å². The molecule has 1 amide bonds. The maximum Gasteiger partial charge on any atom is 0.288 e. The van der Waals surface area contributed by atoms with Gasteiger partial charge in [0.2, 0.25) is 5.91 Å². The van der Waals surface area contributed by atoms with E-state index in [1.807, 2.05) is 0 Å². The molecule has 1 aromatic carbocycles. The summed E-state index contributed by atoms with van der Waals surface area (Å²) in [5, 5.41) is 2.60. The third-order valence-electron chi connectivity index (χ3n) is 1.91. The zero-order chi connectivity index (χ0) is 12.7. The lowest BCUT2D eigenvalue weighted by atomic mass is 10.3. The molecule has 0 aliphatic rings. The van der Waals surface area contributed by atoms with E-state index in [0.29, 0.717) is 34.6 Å². The second-order valence-electron chi connectivity index (χ2n) is 3.22. The highest BCUT2D eigenvalue weighted by atomic mass is 35.5. The summed E-state index contributed by atoms with van der Waals surface area (Å²) in [7, 11) is 0. The van der Waals surface area contributed by atoms with Crippen LogP contribution in [0.1, 0.15) is 12.8 Å². The van der Waals surface area contributed by atoms with Gasteiger partial charge in [-0.15, -0.1) is 11.6 Å². The first-order chi connectivity index (χ1) is 8.13. The third-order valence-corrected chi connectivity index (χ3v) is 2.97. The molecule has 0 radical (unpaired) electrons. The van der Waals surface area contributed by atoms with Gasteiger partial charge in [0.05, 0.1) is 5.69 Å². The average molecular weight is 280 g/mol. The molecule has 0 aliphatic heterocycles. The number of hydrogen-bond donors (Lipinski definition) is 1. The van der Waals surface area contributed by atoms with Crippen molar-refractivity contribution in [2.75, 3.05) is 11.2 Å². The Labute approximate surface area is 108 Å². The summed E-state index contributed by atoms with van der Waals surface area (Å²) in [6.45, 7) is 0. The lowest BCUT2D eigenvalue weighted by molar-refractivity contribution is -0.116. The number of amides is 1. The molecule has 0 atom stereocenters. The van der Waals surface area contributed by atoms with Gasteiger partial charge in [-0.25, -0.2) is 0 Å². The van der Waals surface area contributed by atoms with Crippen molar-refractivity contribution in [2.24, 2.45) is 0 Å². The van der Waals surface area contributed by atoms with Crippen LogP contribution in [0.5, 0.6) is 0 Å². The van der Waals surface area contributed by atoms with Gasteiger partial charge in [0.25, 0.3) is 5.76 Å². The van der Waals surface area contributed by atoms with Crippen LogP contribution in [0.2, 0.25) is 0 Å². The van der Waals surface area contributed by atoms with Crippen molar-refractivity contribution in [1.29, 1.82) is 0 Å². The first kappa shape index (κ1) is 14.3. The molecule has 0 aliphatic carbocycles. The van der Waals surface area contributed by atoms with Gasteiger partial charge < -0.3 is 5.32 Å². The number of para-hydroxylation sites is 1. The van der Waals surface area contributed by atoms with Crippen LogP contribution in [0, 0.1) is 0 Å². The first-order valence-corrected chi connectivity index (χ1v) is 6.44. The molecule has 0 fully saturated rings. The van der Waals surface area contributed by atoms with Crippen molar-refractivity contribution < 1.29 is 13.6 Å². The Bertz CT molecular complexity index is 376. The predicted octanol–water partition coefficient (Wildman–Crippen LogP) is 3.96. The molecule has 0 saturated carbocycles. The Kier molecular flexibility index (Phi) is 6.29. The van der Waals surface area contributed by atoms with E-state index in [2.05, 4.69) is 5.32 Å². The molecule has 1 N–H and O–H groups in total. The maximum absolute atomic E-state index is 12.3. The molecule has 1 aromatic rings. The number of carbonyl (C=O) groups is 1. The lowest BCUT2D eigenvalue weighted by Crippen LogP contribution is -2.12. The number of rotatable bonds is 6. The molecular formula is C11H12ClF2NOS. The molecule has 1 rings (SSSR count). The minimum absolute atomic E-state index is 0.215. The van der Waals surface area contributed by atoms with E-state index in [9.17, 15) is 13.6 Å². The molecule has 0 heterocycles. The van der Waals surface area contributed by atoms with Crippen molar-refractivity contribution in [3.63, 3.8) is 0 Å². The number of thioether (sulfide) groups is 1. The fraction of sp³-hybridized carbons (Fsp3) is 0.364. The van der Waals surface area contributed by atoms with Crippen LogP contribution in [0.25, 0.3) is 0 Å². The maximum atomic E-state index is 12.3. The van der Waals surface area contributed by atoms with E-state index in [-0.39, 0.29) is 12.3 Å². The van der Waals surface area contributed by atoms with Gasteiger partial charge in [0.1, 0.15) is 0 Å². The van der Waals surface area contributed by atoms with Crippen LogP contribution in [0.15, 0.2) is 29.2 Å². The third kappa shape index (κ3) is 5.37. The number of nitrogens with one attached hydrogen (secondary N) is 1. The van der Waals surface area contributed by atoms with E-state index >= 15 is 0 Å². The lowest BCUT2D eigenvalue weighted by Gasteiger charge is -2.09. The number of halogens is 3. The summed E-state index contributed by atoms with van der Waals surface area (Å²) in [6, 6.07) is 6.49. The zero-order valence-corrected chi connectivity index (χ0v) is 10.5. The van der Waals surface area contributed by atoms with Crippen molar-refractivity contribution in [3.8, 4) is 0 Å². The second kappa shape index (κ2) is 7.50. The van der Waals surface area contributed by atoms with Crippen LogP contribution < -0.4 is 5.32 Å². The summed E-state index contributed by atoms with van der Waals surface area (Å²) in [5.41, 5.74) is 0.414. The number of alkyl halides is 3. The summed E-state index contributed by atoms with van der Waals surface area (Å²) in [6.07, 6.45) is 0.856. The normalized spacial score (nSPS) is 10.6. The fourth-order valence-corrected chi connectivity index (χ4v) is 1.94. The highest BCUT2D eigenvalue weighted by molar-refractivity contribution is 7.99. The van der Waals surface area contributed by atoms with Gasteiger partial charge in [-0.05, 0) is 18.6 Å². The fourth-order valence-electron chi connectivity index (χ4n) is 1.21. The molecule has 6 heteroatoms. The van der Waals surface area contributed by atoms with Crippen LogP contribution in [-0.2, 0) is 4.79 Å². The highest BCUT2D eigenvalue weighted by Crippen LogP contribution is 2.31. The SMILES string of the molecule is O=C(CCCCl)Nc1ccccc1SC(F)F. The molecule has 0 bridgehead atoms. The monoisotopic (exact) mass is 279 g/mol. The Hall–Kier alpha value is -0.810. The number of anilines is 1. The van der Waals surface area contributed by atoms with Gasteiger partial charge in [0.15, 0.2) is 0 Å². The summed E-state index contributed by atoms with van der Waals surface area (Å²) in [4.78, 5) is 11.8. The molecule has 0 saturated heterocycles. The Morgan fingerprint density at radius 3 is 2.76 bits per heavy atom. The zero-order valence-electron chi connectivity index (χ0n) is 8.96. The standard InChI is InChI=1S/C11H12ClF2NOS/c12-7-3-6-10(16)15-8-4-1-2-5-9(8)17-11(13)14/h1-2,4-5,11H,3,6-7H2,(H,15,16). The number of hydrogen-bond acceptors (Lipinski definition) is 2. The Morgan fingerprint density at radius 1 is 1.41 bits per heavy atom. The molecule has 2 nitrogen and oxygen atoms in total. The van der Waals surface area contributed by atoms with Crippen LogP contribution in [-0.4, -0.2) is 17.5 Å². The van der Waals surface area contributed by atoms with Crippen molar-refractivity contribution in [1.82, 2.24) is 0 Å². The van der Waals surface area contributed by atoms with Crippen LogP contribution in [0.4, 0.5) is 14.5 Å². The molecule has 0 spiro atoms. The minimum Gasteiger partial charge on any atom is -0.325 e. The number of carbonyl (C=O) groups excluding carboxylic acids is 1. The van der Waals surface area contributed by atoms with Crippen molar-refractivity contribution >= 4 is 35.0 Å². The van der Waals surface area contributed by atoms with E-state index < -0.39 is 5.76 Å². The predicted molar refractivity (Wildman–Crippen MR) is 66.9 cm³/mol.